The molecule has 164 valence electrons. The van der Waals surface area contributed by atoms with Gasteiger partial charge in [-0.2, -0.15) is 0 Å². The Hall–Kier alpha value is -3.12. The zero-order valence-corrected chi connectivity index (χ0v) is 18.5. The zero-order valence-electron chi connectivity index (χ0n) is 18.5. The van der Waals surface area contributed by atoms with Gasteiger partial charge in [0, 0.05) is 12.1 Å². The summed E-state index contributed by atoms with van der Waals surface area (Å²) in [7, 11) is 3.94. The lowest BCUT2D eigenvalue weighted by molar-refractivity contribution is -0.139. The molecule has 2 aromatic carbocycles. The maximum absolute atomic E-state index is 13.0. The van der Waals surface area contributed by atoms with Crippen LogP contribution in [0.1, 0.15) is 37.4 Å². The van der Waals surface area contributed by atoms with Crippen molar-refractivity contribution in [2.45, 2.75) is 32.4 Å². The Labute approximate surface area is 183 Å². The normalized spacial score (nSPS) is 18.3. The van der Waals surface area contributed by atoms with E-state index in [9.17, 15) is 14.7 Å². The molecule has 1 atom stereocenters. The molecule has 1 amide bonds. The minimum Gasteiger partial charge on any atom is -0.507 e. The average Bonchev–Trinajstić information content (AvgIpc) is 2.99. The number of ether oxygens (including phenoxy) is 1. The minimum absolute atomic E-state index is 0.0324. The van der Waals surface area contributed by atoms with Crippen molar-refractivity contribution in [3.8, 4) is 5.75 Å². The second-order valence-electron chi connectivity index (χ2n) is 8.25. The number of hydrogen-bond donors (Lipinski definition) is 1. The first kappa shape index (κ1) is 22.6. The van der Waals surface area contributed by atoms with Crippen LogP contribution in [0, 0.1) is 0 Å². The number of nitrogens with zero attached hydrogens (tertiary/aromatic N) is 2. The molecule has 6 heteroatoms. The van der Waals surface area contributed by atoms with Crippen molar-refractivity contribution in [3.63, 3.8) is 0 Å². The van der Waals surface area contributed by atoms with Crippen molar-refractivity contribution < 1.29 is 19.4 Å². The van der Waals surface area contributed by atoms with Crippen LogP contribution >= 0.6 is 0 Å². The fraction of sp³-hybridized carbons (Fsp3) is 0.360. The Morgan fingerprint density at radius 3 is 2.29 bits per heavy atom. The molecule has 31 heavy (non-hydrogen) atoms. The lowest BCUT2D eigenvalue weighted by atomic mass is 9.95. The maximum Gasteiger partial charge on any atom is 0.295 e. The van der Waals surface area contributed by atoms with Crippen LogP contribution in [0.2, 0.25) is 0 Å². The van der Waals surface area contributed by atoms with Gasteiger partial charge in [-0.05, 0) is 70.7 Å². The number of ketones is 1. The Morgan fingerprint density at radius 1 is 1.06 bits per heavy atom. The van der Waals surface area contributed by atoms with Crippen molar-refractivity contribution >= 4 is 17.4 Å². The zero-order chi connectivity index (χ0) is 22.5. The first-order valence-electron chi connectivity index (χ1n) is 10.5. The Bertz CT molecular complexity index is 949. The van der Waals surface area contributed by atoms with Gasteiger partial charge in [-0.3, -0.25) is 9.59 Å². The highest BCUT2D eigenvalue weighted by atomic mass is 16.5. The Balaban J connectivity index is 2.01. The van der Waals surface area contributed by atoms with Gasteiger partial charge in [0.15, 0.2) is 0 Å². The van der Waals surface area contributed by atoms with Gasteiger partial charge in [-0.15, -0.1) is 0 Å². The Morgan fingerprint density at radius 2 is 1.71 bits per heavy atom. The van der Waals surface area contributed by atoms with E-state index in [2.05, 4.69) is 0 Å². The molecule has 0 saturated carbocycles. The van der Waals surface area contributed by atoms with Crippen LogP contribution in [0.15, 0.2) is 60.2 Å². The van der Waals surface area contributed by atoms with Gasteiger partial charge in [-0.25, -0.2) is 0 Å². The van der Waals surface area contributed by atoms with Crippen molar-refractivity contribution in [2.75, 3.05) is 27.2 Å². The van der Waals surface area contributed by atoms with Crippen LogP contribution in [0.4, 0.5) is 0 Å². The van der Waals surface area contributed by atoms with Gasteiger partial charge >= 0.3 is 0 Å². The van der Waals surface area contributed by atoms with Gasteiger partial charge in [0.25, 0.3) is 11.7 Å². The van der Waals surface area contributed by atoms with Crippen molar-refractivity contribution in [2.24, 2.45) is 0 Å². The molecule has 6 nitrogen and oxygen atoms in total. The number of amides is 1. The van der Waals surface area contributed by atoms with E-state index in [0.717, 1.165) is 18.5 Å². The predicted molar refractivity (Wildman–Crippen MR) is 121 cm³/mol. The molecule has 0 bridgehead atoms. The summed E-state index contributed by atoms with van der Waals surface area (Å²) in [5.74, 6) is -0.721. The molecule has 1 aliphatic rings. The molecule has 0 spiro atoms. The molecule has 1 saturated heterocycles. The number of rotatable bonds is 8. The van der Waals surface area contributed by atoms with Crippen molar-refractivity contribution in [1.29, 1.82) is 0 Å². The largest absolute Gasteiger partial charge is 0.507 e. The number of carbonyl (C=O) groups excluding carboxylic acids is 2. The van der Waals surface area contributed by atoms with E-state index in [1.165, 1.54) is 0 Å². The average molecular weight is 423 g/mol. The molecule has 2 aromatic rings. The van der Waals surface area contributed by atoms with Crippen molar-refractivity contribution in [3.05, 3.63) is 71.3 Å². The first-order valence-corrected chi connectivity index (χ1v) is 10.5. The van der Waals surface area contributed by atoms with E-state index in [0.29, 0.717) is 17.9 Å². The highest BCUT2D eigenvalue weighted by molar-refractivity contribution is 6.46. The topological polar surface area (TPSA) is 70.1 Å². The second kappa shape index (κ2) is 9.79. The van der Waals surface area contributed by atoms with Crippen LogP contribution in [0.25, 0.3) is 5.76 Å². The summed E-state index contributed by atoms with van der Waals surface area (Å²) in [4.78, 5) is 29.5. The minimum atomic E-state index is -0.654. The molecule has 1 heterocycles. The van der Waals surface area contributed by atoms with Gasteiger partial charge in [0.2, 0.25) is 0 Å². The number of benzene rings is 2. The first-order chi connectivity index (χ1) is 14.8. The number of hydrogen-bond acceptors (Lipinski definition) is 5. The fourth-order valence-electron chi connectivity index (χ4n) is 3.77. The number of aliphatic hydroxyl groups excluding tert-OH is 1. The quantitative estimate of drug-likeness (QED) is 0.398. The third kappa shape index (κ3) is 5.14. The van der Waals surface area contributed by atoms with Crippen LogP contribution < -0.4 is 4.74 Å². The molecular weight excluding hydrogens is 392 g/mol. The number of aliphatic hydroxyl groups is 1. The lowest BCUT2D eigenvalue weighted by Crippen LogP contribution is -2.32. The maximum atomic E-state index is 13.0. The van der Waals surface area contributed by atoms with Crippen LogP contribution in [-0.4, -0.2) is 59.9 Å². The molecule has 1 N–H and O–H groups in total. The molecule has 1 unspecified atom stereocenters. The van der Waals surface area contributed by atoms with Crippen LogP contribution in [0.3, 0.4) is 0 Å². The highest BCUT2D eigenvalue weighted by Gasteiger charge is 2.45. The molecular formula is C25H30N2O4. The highest BCUT2D eigenvalue weighted by Crippen LogP contribution is 2.39. The van der Waals surface area contributed by atoms with Gasteiger partial charge < -0.3 is 19.6 Å². The van der Waals surface area contributed by atoms with E-state index in [-0.39, 0.29) is 17.4 Å². The third-order valence-electron chi connectivity index (χ3n) is 5.16. The number of likely N-dealkylation sites (tertiary alicyclic amines) is 1. The lowest BCUT2D eigenvalue weighted by Gasteiger charge is -2.26. The smallest absolute Gasteiger partial charge is 0.295 e. The molecule has 1 aliphatic heterocycles. The summed E-state index contributed by atoms with van der Waals surface area (Å²) in [6.07, 6.45) is 0.759. The molecule has 0 aliphatic carbocycles. The summed E-state index contributed by atoms with van der Waals surface area (Å²) in [5.41, 5.74) is 1.40. The van der Waals surface area contributed by atoms with Crippen molar-refractivity contribution in [1.82, 2.24) is 9.80 Å². The third-order valence-corrected chi connectivity index (χ3v) is 5.16. The van der Waals surface area contributed by atoms with E-state index in [1.807, 2.05) is 63.2 Å². The van der Waals surface area contributed by atoms with Gasteiger partial charge in [-0.1, -0.05) is 30.3 Å². The second-order valence-corrected chi connectivity index (χ2v) is 8.25. The Kier molecular flexibility index (Phi) is 7.13. The summed E-state index contributed by atoms with van der Waals surface area (Å²) in [5, 5.41) is 11.1. The summed E-state index contributed by atoms with van der Waals surface area (Å²) < 4.78 is 5.65. The van der Waals surface area contributed by atoms with E-state index >= 15 is 0 Å². The standard InChI is InChI=1S/C25H30N2O4/c1-17(2)31-20-13-11-19(12-14-20)23(28)21-22(18-9-6-5-7-10-18)27(25(30)24(21)29)16-8-15-26(3)4/h5-7,9-14,17,22,28H,8,15-16H2,1-4H3/b23-21-. The van der Waals surface area contributed by atoms with E-state index in [1.54, 1.807) is 29.2 Å². The molecule has 1 fully saturated rings. The predicted octanol–water partition coefficient (Wildman–Crippen LogP) is 3.85. The van der Waals surface area contributed by atoms with Crippen LogP contribution in [0.5, 0.6) is 5.75 Å². The fourth-order valence-corrected chi connectivity index (χ4v) is 3.77. The van der Waals surface area contributed by atoms with Gasteiger partial charge in [0.05, 0.1) is 17.7 Å². The summed E-state index contributed by atoms with van der Waals surface area (Å²) in [6, 6.07) is 15.7. The summed E-state index contributed by atoms with van der Waals surface area (Å²) >= 11 is 0. The SMILES string of the molecule is CC(C)Oc1ccc(/C(O)=C2/C(=O)C(=O)N(CCCN(C)C)C2c2ccccc2)cc1. The van der Waals surface area contributed by atoms with E-state index < -0.39 is 17.7 Å². The summed E-state index contributed by atoms with van der Waals surface area (Å²) in [6.45, 7) is 5.10. The monoisotopic (exact) mass is 422 g/mol. The van der Waals surface area contributed by atoms with E-state index in [4.69, 9.17) is 4.74 Å². The molecule has 0 aromatic heterocycles. The van der Waals surface area contributed by atoms with Gasteiger partial charge in [0.1, 0.15) is 11.5 Å². The molecule has 3 rings (SSSR count). The molecule has 0 radical (unpaired) electrons. The number of Topliss-reactive ketones (excluding diaryl/α,β-unsaturated/α-hetero) is 1. The van der Waals surface area contributed by atoms with Crippen LogP contribution in [-0.2, 0) is 9.59 Å². The number of carbonyl (C=O) groups is 2.